The molecule has 0 atom stereocenters. The van der Waals surface area contributed by atoms with Crippen LogP contribution in [0.5, 0.6) is 5.75 Å². The largest absolute Gasteiger partial charge is 0.482 e. The van der Waals surface area contributed by atoms with Gasteiger partial charge in [-0.25, -0.2) is 0 Å². The molecular formula is C16H21BN2O3. The summed E-state index contributed by atoms with van der Waals surface area (Å²) in [6.07, 6.45) is 6.45. The first kappa shape index (κ1) is 15.1. The van der Waals surface area contributed by atoms with Gasteiger partial charge in [0.2, 0.25) is 0 Å². The summed E-state index contributed by atoms with van der Waals surface area (Å²) >= 11 is 0. The van der Waals surface area contributed by atoms with Gasteiger partial charge in [0, 0.05) is 0 Å². The van der Waals surface area contributed by atoms with E-state index in [4.69, 9.17) is 4.74 Å². The molecule has 0 aromatic heterocycles. The Morgan fingerprint density at radius 2 is 2.18 bits per heavy atom. The van der Waals surface area contributed by atoms with Crippen molar-refractivity contribution in [2.24, 2.45) is 5.92 Å². The van der Waals surface area contributed by atoms with E-state index in [1.54, 1.807) is 0 Å². The first-order valence-corrected chi connectivity index (χ1v) is 7.79. The van der Waals surface area contributed by atoms with Gasteiger partial charge in [-0.05, 0) is 56.4 Å². The van der Waals surface area contributed by atoms with Crippen LogP contribution in [0.1, 0.15) is 18.4 Å². The van der Waals surface area contributed by atoms with E-state index < -0.39 is 0 Å². The Hall–Kier alpha value is -1.79. The summed E-state index contributed by atoms with van der Waals surface area (Å²) in [5.41, 5.74) is 1.80. The quantitative estimate of drug-likeness (QED) is 0.836. The SMILES string of the molecule is CB(O)N1CCC(C=Cc2ccc3c(c2)NC(=O)CO3)CC1. The molecule has 22 heavy (non-hydrogen) atoms. The number of benzene rings is 1. The average Bonchev–Trinajstić information content (AvgIpc) is 2.53. The number of rotatable bonds is 3. The molecule has 0 unspecified atom stereocenters. The number of amides is 1. The van der Waals surface area contributed by atoms with Crippen LogP contribution in [-0.2, 0) is 4.79 Å². The summed E-state index contributed by atoms with van der Waals surface area (Å²) in [6.45, 7) is 3.77. The molecule has 0 bridgehead atoms. The molecule has 2 aliphatic rings. The molecule has 0 aliphatic carbocycles. The fraction of sp³-hybridized carbons (Fsp3) is 0.438. The van der Waals surface area contributed by atoms with Gasteiger partial charge in [-0.3, -0.25) is 4.79 Å². The van der Waals surface area contributed by atoms with E-state index in [9.17, 15) is 9.82 Å². The van der Waals surface area contributed by atoms with E-state index in [1.807, 2.05) is 25.0 Å². The first-order chi connectivity index (χ1) is 10.6. The topological polar surface area (TPSA) is 61.8 Å². The minimum Gasteiger partial charge on any atom is -0.482 e. The van der Waals surface area contributed by atoms with Crippen molar-refractivity contribution in [3.63, 3.8) is 0 Å². The number of fused-ring (bicyclic) bond motifs is 1. The van der Waals surface area contributed by atoms with Crippen LogP contribution in [0.3, 0.4) is 0 Å². The minimum absolute atomic E-state index is 0.0873. The van der Waals surface area contributed by atoms with Crippen LogP contribution in [0.25, 0.3) is 6.08 Å². The second-order valence-electron chi connectivity index (χ2n) is 5.96. The van der Waals surface area contributed by atoms with Crippen molar-refractivity contribution < 1.29 is 14.6 Å². The third kappa shape index (κ3) is 3.51. The maximum absolute atomic E-state index is 11.3. The smallest absolute Gasteiger partial charge is 0.376 e. The molecule has 1 saturated heterocycles. The maximum Gasteiger partial charge on any atom is 0.376 e. The van der Waals surface area contributed by atoms with Crippen LogP contribution in [0.2, 0.25) is 6.82 Å². The summed E-state index contributed by atoms with van der Waals surface area (Å²) in [7, 11) is -0.353. The first-order valence-electron chi connectivity index (χ1n) is 7.79. The van der Waals surface area contributed by atoms with Gasteiger partial charge < -0.3 is 19.9 Å². The van der Waals surface area contributed by atoms with E-state index in [0.717, 1.165) is 42.9 Å². The fourth-order valence-electron chi connectivity index (χ4n) is 2.94. The average molecular weight is 300 g/mol. The molecular weight excluding hydrogens is 279 g/mol. The Kier molecular flexibility index (Phi) is 4.50. The van der Waals surface area contributed by atoms with Crippen LogP contribution >= 0.6 is 0 Å². The van der Waals surface area contributed by atoms with Gasteiger partial charge in [-0.2, -0.15) is 0 Å². The Balaban J connectivity index is 1.62. The highest BCUT2D eigenvalue weighted by atomic mass is 16.5. The molecule has 6 heteroatoms. The van der Waals surface area contributed by atoms with E-state index in [-0.39, 0.29) is 19.6 Å². The summed E-state index contributed by atoms with van der Waals surface area (Å²) in [6, 6.07) is 5.83. The Morgan fingerprint density at radius 3 is 2.91 bits per heavy atom. The van der Waals surface area contributed by atoms with Gasteiger partial charge in [0.05, 0.1) is 5.69 Å². The molecule has 0 radical (unpaired) electrons. The van der Waals surface area contributed by atoms with E-state index in [0.29, 0.717) is 5.92 Å². The molecule has 0 saturated carbocycles. The molecule has 0 spiro atoms. The number of allylic oxidation sites excluding steroid dienone is 1. The number of hydrogen-bond acceptors (Lipinski definition) is 4. The summed E-state index contributed by atoms with van der Waals surface area (Å²) in [4.78, 5) is 13.4. The predicted molar refractivity (Wildman–Crippen MR) is 87.7 cm³/mol. The van der Waals surface area contributed by atoms with E-state index in [2.05, 4.69) is 22.3 Å². The molecule has 3 rings (SSSR count). The number of carbonyl (C=O) groups excluding carboxylic acids is 1. The lowest BCUT2D eigenvalue weighted by molar-refractivity contribution is -0.118. The van der Waals surface area contributed by atoms with Crippen molar-refractivity contribution in [3.8, 4) is 5.75 Å². The van der Waals surface area contributed by atoms with Crippen molar-refractivity contribution in [1.82, 2.24) is 4.81 Å². The molecule has 1 aromatic carbocycles. The van der Waals surface area contributed by atoms with Crippen LogP contribution in [0.4, 0.5) is 5.69 Å². The number of piperidine rings is 1. The van der Waals surface area contributed by atoms with E-state index in [1.165, 1.54) is 0 Å². The number of nitrogens with one attached hydrogen (secondary N) is 1. The molecule has 5 nitrogen and oxygen atoms in total. The number of ether oxygens (including phenoxy) is 1. The highest BCUT2D eigenvalue weighted by molar-refractivity contribution is 6.45. The van der Waals surface area contributed by atoms with Crippen LogP contribution in [0, 0.1) is 5.92 Å². The number of nitrogens with zero attached hydrogens (tertiary/aromatic N) is 1. The second-order valence-corrected chi connectivity index (χ2v) is 5.96. The third-order valence-electron chi connectivity index (χ3n) is 4.30. The van der Waals surface area contributed by atoms with Gasteiger partial charge >= 0.3 is 7.05 Å². The molecule has 2 N–H and O–H groups in total. The maximum atomic E-state index is 11.3. The number of anilines is 1. The lowest BCUT2D eigenvalue weighted by Crippen LogP contribution is -2.42. The fourth-order valence-corrected chi connectivity index (χ4v) is 2.94. The van der Waals surface area contributed by atoms with Crippen LogP contribution in [-0.4, -0.2) is 42.5 Å². The molecule has 2 heterocycles. The van der Waals surface area contributed by atoms with Crippen LogP contribution < -0.4 is 10.1 Å². The van der Waals surface area contributed by atoms with Crippen LogP contribution in [0.15, 0.2) is 24.3 Å². The normalized spacial score (nSPS) is 19.6. The second kappa shape index (κ2) is 6.54. The van der Waals surface area contributed by atoms with Crippen molar-refractivity contribution in [3.05, 3.63) is 29.8 Å². The standard InChI is InChI=1S/C16H21BN2O3/c1-17(21)19-8-6-12(7-9-19)2-3-13-4-5-15-14(10-13)18-16(20)11-22-15/h2-5,10,12,21H,6-9,11H2,1H3,(H,18,20). The third-order valence-corrected chi connectivity index (χ3v) is 4.30. The molecule has 1 fully saturated rings. The summed E-state index contributed by atoms with van der Waals surface area (Å²) < 4.78 is 5.35. The molecule has 1 amide bonds. The van der Waals surface area contributed by atoms with Gasteiger partial charge in [-0.15, -0.1) is 0 Å². The number of carbonyl (C=O) groups is 1. The zero-order chi connectivity index (χ0) is 15.5. The number of hydrogen-bond donors (Lipinski definition) is 2. The predicted octanol–water partition coefficient (Wildman–Crippen LogP) is 1.85. The molecule has 1 aromatic rings. The van der Waals surface area contributed by atoms with E-state index >= 15 is 0 Å². The van der Waals surface area contributed by atoms with Gasteiger partial charge in [0.1, 0.15) is 5.75 Å². The monoisotopic (exact) mass is 300 g/mol. The lowest BCUT2D eigenvalue weighted by Gasteiger charge is -2.31. The molecule has 116 valence electrons. The highest BCUT2D eigenvalue weighted by Gasteiger charge is 2.22. The highest BCUT2D eigenvalue weighted by Crippen LogP contribution is 2.29. The van der Waals surface area contributed by atoms with Crippen molar-refractivity contribution in [1.29, 1.82) is 0 Å². The zero-order valence-electron chi connectivity index (χ0n) is 12.8. The van der Waals surface area contributed by atoms with Crippen molar-refractivity contribution >= 4 is 24.7 Å². The lowest BCUT2D eigenvalue weighted by atomic mass is 9.81. The Labute approximate surface area is 131 Å². The summed E-state index contributed by atoms with van der Waals surface area (Å²) in [5.74, 6) is 1.15. The van der Waals surface area contributed by atoms with Gasteiger partial charge in [0.25, 0.3) is 5.91 Å². The van der Waals surface area contributed by atoms with Gasteiger partial charge in [-0.1, -0.05) is 18.2 Å². The zero-order valence-corrected chi connectivity index (χ0v) is 12.8. The molecule has 2 aliphatic heterocycles. The van der Waals surface area contributed by atoms with Crippen molar-refractivity contribution in [2.75, 3.05) is 25.0 Å². The van der Waals surface area contributed by atoms with Crippen molar-refractivity contribution in [2.45, 2.75) is 19.7 Å². The van der Waals surface area contributed by atoms with Gasteiger partial charge in [0.15, 0.2) is 6.61 Å². The minimum atomic E-state index is -0.353. The summed E-state index contributed by atoms with van der Waals surface area (Å²) in [5, 5.41) is 12.4. The Bertz CT molecular complexity index is 581. The Morgan fingerprint density at radius 1 is 1.41 bits per heavy atom.